The molecule has 2 N–H and O–H groups in total. The number of phenols is 1. The highest BCUT2D eigenvalue weighted by molar-refractivity contribution is 14.1. The van der Waals surface area contributed by atoms with E-state index in [2.05, 4.69) is 26.5 Å². The number of hydrogen-bond donors (Lipinski definition) is 2. The Morgan fingerprint density at radius 1 is 1.31 bits per heavy atom. The molecule has 0 radical (unpaired) electrons. The van der Waals surface area contributed by atoms with Crippen LogP contribution in [0.5, 0.6) is 17.2 Å². The molecule has 0 bridgehead atoms. The number of nitrogens with zero attached hydrogens (tertiary/aromatic N) is 1. The Morgan fingerprint density at radius 2 is 1.96 bits per heavy atom. The number of carbonyl (C=O) groups excluding carboxylic acids is 1. The molecular formula is C18H18BrIN2O4. The summed E-state index contributed by atoms with van der Waals surface area (Å²) in [4.78, 5) is 11.9. The Morgan fingerprint density at radius 3 is 2.58 bits per heavy atom. The molecule has 0 spiro atoms. The van der Waals surface area contributed by atoms with Crippen LogP contribution in [-0.4, -0.2) is 30.9 Å². The zero-order valence-electron chi connectivity index (χ0n) is 14.5. The molecule has 0 aliphatic rings. The van der Waals surface area contributed by atoms with Crippen molar-refractivity contribution in [3.05, 3.63) is 49.0 Å². The van der Waals surface area contributed by atoms with E-state index in [1.54, 1.807) is 12.1 Å². The van der Waals surface area contributed by atoms with Crippen molar-refractivity contribution in [3.63, 3.8) is 0 Å². The summed E-state index contributed by atoms with van der Waals surface area (Å²) in [6.07, 6.45) is 1.47. The average molecular weight is 533 g/mol. The molecule has 26 heavy (non-hydrogen) atoms. The van der Waals surface area contributed by atoms with Crippen molar-refractivity contribution in [1.82, 2.24) is 5.43 Å². The Hall–Kier alpha value is -1.81. The van der Waals surface area contributed by atoms with E-state index in [4.69, 9.17) is 9.47 Å². The number of methoxy groups -OCH3 is 1. The van der Waals surface area contributed by atoms with Crippen molar-refractivity contribution >= 4 is 50.6 Å². The van der Waals surface area contributed by atoms with Crippen LogP contribution in [0.3, 0.4) is 0 Å². The number of amides is 1. The highest BCUT2D eigenvalue weighted by Crippen LogP contribution is 2.31. The number of ether oxygens (including phenoxy) is 2. The molecule has 0 fully saturated rings. The lowest BCUT2D eigenvalue weighted by molar-refractivity contribution is -0.123. The first-order valence-electron chi connectivity index (χ1n) is 7.59. The second-order valence-electron chi connectivity index (χ2n) is 5.50. The summed E-state index contributed by atoms with van der Waals surface area (Å²) in [6.45, 7) is 3.70. The quantitative estimate of drug-likeness (QED) is 0.336. The lowest BCUT2D eigenvalue weighted by Gasteiger charge is -2.11. The molecule has 0 unspecified atom stereocenters. The maximum atomic E-state index is 11.9. The van der Waals surface area contributed by atoms with E-state index >= 15 is 0 Å². The van der Waals surface area contributed by atoms with Crippen LogP contribution >= 0.6 is 38.5 Å². The number of rotatable bonds is 6. The summed E-state index contributed by atoms with van der Waals surface area (Å²) < 4.78 is 12.3. The molecule has 8 heteroatoms. The number of aryl methyl sites for hydroxylation is 2. The molecule has 0 atom stereocenters. The number of aromatic hydroxyl groups is 1. The van der Waals surface area contributed by atoms with Gasteiger partial charge in [0.05, 0.1) is 16.9 Å². The van der Waals surface area contributed by atoms with Crippen LogP contribution in [-0.2, 0) is 4.79 Å². The van der Waals surface area contributed by atoms with Gasteiger partial charge in [-0.25, -0.2) is 5.43 Å². The van der Waals surface area contributed by atoms with Gasteiger partial charge < -0.3 is 14.6 Å². The van der Waals surface area contributed by atoms with Crippen molar-refractivity contribution in [2.45, 2.75) is 13.8 Å². The molecule has 2 aromatic rings. The highest BCUT2D eigenvalue weighted by Gasteiger charge is 2.09. The van der Waals surface area contributed by atoms with E-state index in [9.17, 15) is 9.90 Å². The maximum Gasteiger partial charge on any atom is 0.277 e. The SMILES string of the molecule is COc1cc(/C=N/NC(=O)COc2c(C)cc(Br)cc2C)cc(I)c1O. The zero-order chi connectivity index (χ0) is 19.3. The minimum absolute atomic E-state index is 0.0722. The maximum absolute atomic E-state index is 11.9. The lowest BCUT2D eigenvalue weighted by atomic mass is 10.1. The summed E-state index contributed by atoms with van der Waals surface area (Å²) in [7, 11) is 1.47. The Kier molecular flexibility index (Phi) is 7.27. The second kappa shape index (κ2) is 9.22. The summed E-state index contributed by atoms with van der Waals surface area (Å²) in [5.74, 6) is 0.727. The lowest BCUT2D eigenvalue weighted by Crippen LogP contribution is -2.25. The number of halogens is 2. The van der Waals surface area contributed by atoms with Crippen molar-refractivity contribution in [2.75, 3.05) is 13.7 Å². The monoisotopic (exact) mass is 532 g/mol. The fourth-order valence-electron chi connectivity index (χ4n) is 2.30. The Labute approximate surface area is 173 Å². The normalized spacial score (nSPS) is 10.8. The average Bonchev–Trinajstić information content (AvgIpc) is 2.56. The van der Waals surface area contributed by atoms with Gasteiger partial charge in [-0.15, -0.1) is 0 Å². The molecule has 2 aromatic carbocycles. The molecule has 0 saturated carbocycles. The van der Waals surface area contributed by atoms with Gasteiger partial charge in [0.25, 0.3) is 5.91 Å². The van der Waals surface area contributed by atoms with E-state index in [0.717, 1.165) is 15.6 Å². The third-order valence-electron chi connectivity index (χ3n) is 3.45. The molecule has 0 heterocycles. The van der Waals surface area contributed by atoms with E-state index in [0.29, 0.717) is 20.6 Å². The summed E-state index contributed by atoms with van der Waals surface area (Å²) in [5.41, 5.74) is 4.99. The molecule has 0 saturated heterocycles. The molecule has 138 valence electrons. The Balaban J connectivity index is 1.95. The van der Waals surface area contributed by atoms with Gasteiger partial charge in [0.2, 0.25) is 0 Å². The van der Waals surface area contributed by atoms with Crippen molar-refractivity contribution in [3.8, 4) is 17.2 Å². The van der Waals surface area contributed by atoms with Crippen LogP contribution < -0.4 is 14.9 Å². The predicted molar refractivity (Wildman–Crippen MR) is 112 cm³/mol. The van der Waals surface area contributed by atoms with Crippen molar-refractivity contribution in [2.24, 2.45) is 5.10 Å². The molecule has 2 rings (SSSR count). The van der Waals surface area contributed by atoms with E-state index in [1.807, 2.05) is 48.6 Å². The molecule has 1 amide bonds. The third-order valence-corrected chi connectivity index (χ3v) is 4.73. The summed E-state index contributed by atoms with van der Waals surface area (Å²) >= 11 is 5.41. The number of hydrogen-bond acceptors (Lipinski definition) is 5. The van der Waals surface area contributed by atoms with Gasteiger partial charge in [0.1, 0.15) is 5.75 Å². The van der Waals surface area contributed by atoms with Crippen LogP contribution in [0.4, 0.5) is 0 Å². The molecule has 0 aliphatic carbocycles. The van der Waals surface area contributed by atoms with Gasteiger partial charge in [-0.3, -0.25) is 4.79 Å². The first-order valence-corrected chi connectivity index (χ1v) is 9.47. The fourth-order valence-corrected chi connectivity index (χ4v) is 3.61. The number of benzene rings is 2. The highest BCUT2D eigenvalue weighted by atomic mass is 127. The third kappa shape index (κ3) is 5.34. The molecular weight excluding hydrogens is 515 g/mol. The van der Waals surface area contributed by atoms with E-state index in [-0.39, 0.29) is 18.3 Å². The largest absolute Gasteiger partial charge is 0.504 e. The zero-order valence-corrected chi connectivity index (χ0v) is 18.2. The standard InChI is InChI=1S/C18H18BrIN2O4/c1-10-4-13(19)5-11(2)18(10)26-9-16(23)22-21-8-12-6-14(20)17(24)15(7-12)25-3/h4-8,24H,9H2,1-3H3,(H,22,23)/b21-8+. The van der Waals surface area contributed by atoms with Gasteiger partial charge in [0.15, 0.2) is 18.1 Å². The van der Waals surface area contributed by atoms with Crippen LogP contribution in [0, 0.1) is 17.4 Å². The topological polar surface area (TPSA) is 80.2 Å². The number of carbonyl (C=O) groups is 1. The fraction of sp³-hybridized carbons (Fsp3) is 0.222. The Bertz CT molecular complexity index is 832. The van der Waals surface area contributed by atoms with Gasteiger partial charge in [-0.1, -0.05) is 15.9 Å². The van der Waals surface area contributed by atoms with E-state index < -0.39 is 0 Å². The van der Waals surface area contributed by atoms with Crippen LogP contribution in [0.1, 0.15) is 16.7 Å². The molecule has 0 aromatic heterocycles. The smallest absolute Gasteiger partial charge is 0.277 e. The minimum atomic E-state index is -0.372. The van der Waals surface area contributed by atoms with Crippen LogP contribution in [0.25, 0.3) is 0 Å². The molecule has 6 nitrogen and oxygen atoms in total. The molecule has 0 aliphatic heterocycles. The van der Waals surface area contributed by atoms with Crippen LogP contribution in [0.2, 0.25) is 0 Å². The second-order valence-corrected chi connectivity index (χ2v) is 7.58. The van der Waals surface area contributed by atoms with E-state index in [1.165, 1.54) is 13.3 Å². The first kappa shape index (κ1) is 20.5. The van der Waals surface area contributed by atoms with Gasteiger partial charge >= 0.3 is 0 Å². The predicted octanol–water partition coefficient (Wildman–Crippen LogP) is 3.91. The number of phenolic OH excluding ortho intramolecular Hbond substituents is 1. The van der Waals surface area contributed by atoms with Gasteiger partial charge in [-0.05, 0) is 77.4 Å². The summed E-state index contributed by atoms with van der Waals surface area (Å²) in [5, 5.41) is 13.7. The number of nitrogens with one attached hydrogen (secondary N) is 1. The van der Waals surface area contributed by atoms with Crippen LogP contribution in [0.15, 0.2) is 33.8 Å². The minimum Gasteiger partial charge on any atom is -0.504 e. The van der Waals surface area contributed by atoms with Gasteiger partial charge in [0, 0.05) is 4.47 Å². The first-order chi connectivity index (χ1) is 12.3. The number of hydrazone groups is 1. The van der Waals surface area contributed by atoms with Crippen molar-refractivity contribution in [1.29, 1.82) is 0 Å². The van der Waals surface area contributed by atoms with Crippen molar-refractivity contribution < 1.29 is 19.4 Å². The van der Waals surface area contributed by atoms with Gasteiger partial charge in [-0.2, -0.15) is 5.10 Å². The summed E-state index contributed by atoms with van der Waals surface area (Å²) in [6, 6.07) is 7.20.